The topological polar surface area (TPSA) is 78.9 Å². The van der Waals surface area contributed by atoms with Gasteiger partial charge in [-0.15, -0.1) is 0 Å². The van der Waals surface area contributed by atoms with Crippen LogP contribution in [0.25, 0.3) is 0 Å². The molecule has 1 atom stereocenters. The van der Waals surface area contributed by atoms with Crippen molar-refractivity contribution < 1.29 is 28.6 Å². The molecule has 0 heterocycles. The number of ether oxygens (including phenoxy) is 3. The Labute approximate surface area is 511 Å². The zero-order chi connectivity index (χ0) is 59.9. The van der Waals surface area contributed by atoms with E-state index in [0.29, 0.717) is 12.8 Å². The molecule has 83 heavy (non-hydrogen) atoms. The molecule has 1 unspecified atom stereocenters. The third-order valence-electron chi connectivity index (χ3n) is 14.0. The second kappa shape index (κ2) is 69.5. The molecule has 0 aromatic carbocycles. The Kier molecular flexibility index (Phi) is 65.4. The Morgan fingerprint density at radius 3 is 0.687 bits per heavy atom. The van der Waals surface area contributed by atoms with Crippen molar-refractivity contribution in [2.45, 2.75) is 297 Å². The first kappa shape index (κ1) is 78.0. The lowest BCUT2D eigenvalue weighted by molar-refractivity contribution is -0.167. The third-order valence-corrected chi connectivity index (χ3v) is 14.0. The van der Waals surface area contributed by atoms with Crippen LogP contribution in [-0.4, -0.2) is 37.2 Å². The van der Waals surface area contributed by atoms with E-state index in [2.05, 4.69) is 179 Å². The molecule has 6 nitrogen and oxygen atoms in total. The molecule has 0 aromatic heterocycles. The van der Waals surface area contributed by atoms with Crippen molar-refractivity contribution in [3.63, 3.8) is 0 Å². The summed E-state index contributed by atoms with van der Waals surface area (Å²) < 4.78 is 16.9. The van der Waals surface area contributed by atoms with Crippen molar-refractivity contribution in [2.75, 3.05) is 13.2 Å². The zero-order valence-electron chi connectivity index (χ0n) is 53.7. The van der Waals surface area contributed by atoms with E-state index in [-0.39, 0.29) is 37.5 Å². The minimum atomic E-state index is -0.809. The molecule has 0 aliphatic carbocycles. The van der Waals surface area contributed by atoms with Gasteiger partial charge in [0.15, 0.2) is 6.10 Å². The van der Waals surface area contributed by atoms with Crippen LogP contribution in [0.3, 0.4) is 0 Å². The minimum Gasteiger partial charge on any atom is -0.462 e. The van der Waals surface area contributed by atoms with Gasteiger partial charge in [0.05, 0.1) is 0 Å². The molecule has 6 heteroatoms. The van der Waals surface area contributed by atoms with E-state index < -0.39 is 6.10 Å². The predicted octanol–water partition coefficient (Wildman–Crippen LogP) is 23.7. The number of unbranched alkanes of at least 4 members (excludes halogenated alkanes) is 23. The molecule has 0 radical (unpaired) electrons. The quantitative estimate of drug-likeness (QED) is 0.0261. The van der Waals surface area contributed by atoms with Gasteiger partial charge in [-0.25, -0.2) is 0 Å². The Morgan fingerprint density at radius 2 is 0.434 bits per heavy atom. The predicted molar refractivity (Wildman–Crippen MR) is 362 cm³/mol. The molecule has 0 amide bonds. The van der Waals surface area contributed by atoms with Crippen molar-refractivity contribution in [1.29, 1.82) is 0 Å². The molecule has 0 saturated carbocycles. The first-order valence-electron chi connectivity index (χ1n) is 34.0. The van der Waals surface area contributed by atoms with Crippen LogP contribution in [0.2, 0.25) is 0 Å². The fourth-order valence-electron chi connectivity index (χ4n) is 9.04. The zero-order valence-corrected chi connectivity index (χ0v) is 53.7. The Hall–Kier alpha value is -4.97. The fraction of sp³-hybridized carbons (Fsp3) is 0.623. The molecule has 0 bridgehead atoms. The number of hydrogen-bond acceptors (Lipinski definition) is 6. The van der Waals surface area contributed by atoms with Gasteiger partial charge in [-0.05, 0) is 141 Å². The monoisotopic (exact) mass is 1140 g/mol. The van der Waals surface area contributed by atoms with Crippen molar-refractivity contribution in [1.82, 2.24) is 0 Å². The van der Waals surface area contributed by atoms with Crippen LogP contribution in [0.5, 0.6) is 0 Å². The number of esters is 3. The van der Waals surface area contributed by atoms with Gasteiger partial charge in [-0.1, -0.05) is 288 Å². The highest BCUT2D eigenvalue weighted by atomic mass is 16.6. The van der Waals surface area contributed by atoms with Gasteiger partial charge in [0.1, 0.15) is 13.2 Å². The molecule has 0 rings (SSSR count). The van der Waals surface area contributed by atoms with E-state index in [1.807, 2.05) is 0 Å². The summed E-state index contributed by atoms with van der Waals surface area (Å²) in [6, 6.07) is 0. The first-order valence-corrected chi connectivity index (χ1v) is 34.0. The summed E-state index contributed by atoms with van der Waals surface area (Å²) in [5.41, 5.74) is 0. The van der Waals surface area contributed by atoms with E-state index in [1.54, 1.807) is 0 Å². The Bertz CT molecular complexity index is 1840. The maximum absolute atomic E-state index is 12.9. The van der Waals surface area contributed by atoms with Gasteiger partial charge in [-0.2, -0.15) is 0 Å². The molecule has 0 fully saturated rings. The smallest absolute Gasteiger partial charge is 0.306 e. The van der Waals surface area contributed by atoms with Gasteiger partial charge in [-0.3, -0.25) is 14.4 Å². The van der Waals surface area contributed by atoms with E-state index in [0.717, 1.165) is 161 Å². The SMILES string of the molecule is CC/C=C\C/C=C\C/C=C\C/C=C\C/C=C\C/C=C\CCCCCCCCCCCCCCCCCCC(=O)OCC(COC(=O)CCCCC/C=C\C/C=C\C/C=C\CC)OC(=O)CCCCCC/C=C\C/C=C\C/C=C\C/C=C\CC. The molecule has 468 valence electrons. The van der Waals surface area contributed by atoms with E-state index in [4.69, 9.17) is 14.2 Å². The summed E-state index contributed by atoms with van der Waals surface area (Å²) in [4.78, 5) is 38.3. The lowest BCUT2D eigenvalue weighted by atomic mass is 10.0. The van der Waals surface area contributed by atoms with Gasteiger partial charge < -0.3 is 14.2 Å². The molecular formula is C77H124O6. The highest BCUT2D eigenvalue weighted by molar-refractivity contribution is 5.71. The highest BCUT2D eigenvalue weighted by Gasteiger charge is 2.19. The summed E-state index contributed by atoms with van der Waals surface area (Å²) >= 11 is 0. The largest absolute Gasteiger partial charge is 0.462 e. The van der Waals surface area contributed by atoms with E-state index >= 15 is 0 Å². The molecule has 0 spiro atoms. The molecule has 0 aliphatic rings. The molecular weight excluding hydrogens is 1020 g/mol. The second-order valence-electron chi connectivity index (χ2n) is 21.9. The molecule has 0 aliphatic heterocycles. The first-order chi connectivity index (χ1) is 41.0. The van der Waals surface area contributed by atoms with E-state index in [9.17, 15) is 14.4 Å². The van der Waals surface area contributed by atoms with Crippen LogP contribution in [-0.2, 0) is 28.6 Å². The van der Waals surface area contributed by atoms with Crippen molar-refractivity contribution >= 4 is 17.9 Å². The van der Waals surface area contributed by atoms with Gasteiger partial charge in [0.2, 0.25) is 0 Å². The number of rotatable bonds is 60. The lowest BCUT2D eigenvalue weighted by Crippen LogP contribution is -2.30. The summed E-state index contributed by atoms with van der Waals surface area (Å²) in [6.45, 7) is 6.26. The fourth-order valence-corrected chi connectivity index (χ4v) is 9.04. The van der Waals surface area contributed by atoms with Crippen molar-refractivity contribution in [3.05, 3.63) is 158 Å². The average molecular weight is 1150 g/mol. The number of hydrogen-bond donors (Lipinski definition) is 0. The minimum absolute atomic E-state index is 0.101. The normalized spacial score (nSPS) is 13.1. The maximum atomic E-state index is 12.9. The summed E-state index contributed by atoms with van der Waals surface area (Å²) in [7, 11) is 0. The summed E-state index contributed by atoms with van der Waals surface area (Å²) in [6.07, 6.45) is 101. The maximum Gasteiger partial charge on any atom is 0.306 e. The van der Waals surface area contributed by atoms with Crippen LogP contribution in [0.4, 0.5) is 0 Å². The highest BCUT2D eigenvalue weighted by Crippen LogP contribution is 2.16. The standard InChI is InChI=1S/C77H124O6/c1-4-7-10-13-16-19-22-25-27-29-30-31-32-33-34-35-36-37-38-39-40-41-42-43-44-45-46-48-49-52-55-58-61-64-67-70-76(79)82-73-74(72-81-75(78)69-66-63-60-57-54-51-24-21-18-15-12-9-6-3)83-77(80)71-68-65-62-59-56-53-50-47-28-26-23-20-17-14-11-8-5-2/h7-12,16-21,25-28,30-31,33-34,36-37,50-51,53-54,74H,4-6,13-15,22-24,29,32,35,38-49,52,55-73H2,1-3H3/b10-7-,11-8-,12-9-,19-16-,20-17-,21-18-,27-25-,28-26-,31-30-,34-33-,37-36-,53-50-,54-51-. The average Bonchev–Trinajstić information content (AvgIpc) is 3.49. The van der Waals surface area contributed by atoms with Gasteiger partial charge in [0, 0.05) is 19.3 Å². The van der Waals surface area contributed by atoms with Crippen molar-refractivity contribution in [2.24, 2.45) is 0 Å². The lowest BCUT2D eigenvalue weighted by Gasteiger charge is -2.18. The molecule has 0 saturated heterocycles. The number of carbonyl (C=O) groups excluding carboxylic acids is 3. The van der Waals surface area contributed by atoms with Crippen LogP contribution in [0.15, 0.2) is 158 Å². The van der Waals surface area contributed by atoms with Crippen LogP contribution in [0.1, 0.15) is 290 Å². The van der Waals surface area contributed by atoms with Crippen LogP contribution >= 0.6 is 0 Å². The third kappa shape index (κ3) is 67.7. The summed E-state index contributed by atoms with van der Waals surface area (Å²) in [5.74, 6) is -0.955. The van der Waals surface area contributed by atoms with Gasteiger partial charge in [0.25, 0.3) is 0 Å². The van der Waals surface area contributed by atoms with Crippen LogP contribution < -0.4 is 0 Å². The van der Waals surface area contributed by atoms with Crippen molar-refractivity contribution in [3.8, 4) is 0 Å². The molecule has 0 aromatic rings. The summed E-state index contributed by atoms with van der Waals surface area (Å²) in [5, 5.41) is 0. The van der Waals surface area contributed by atoms with Crippen LogP contribution in [0, 0.1) is 0 Å². The Morgan fingerprint density at radius 1 is 0.241 bits per heavy atom. The number of carbonyl (C=O) groups is 3. The van der Waals surface area contributed by atoms with Gasteiger partial charge >= 0.3 is 17.9 Å². The second-order valence-corrected chi connectivity index (χ2v) is 21.9. The van der Waals surface area contributed by atoms with E-state index in [1.165, 1.54) is 89.9 Å². The number of allylic oxidation sites excluding steroid dienone is 26. The molecule has 0 N–H and O–H groups in total. The Balaban J connectivity index is 4.22.